The van der Waals surface area contributed by atoms with Crippen molar-refractivity contribution in [3.05, 3.63) is 106 Å². The van der Waals surface area contributed by atoms with Gasteiger partial charge in [-0.1, -0.05) is 81.4 Å². The van der Waals surface area contributed by atoms with Crippen molar-refractivity contribution >= 4 is 5.69 Å². The van der Waals surface area contributed by atoms with Crippen LogP contribution in [0.25, 0.3) is 11.1 Å². The van der Waals surface area contributed by atoms with Gasteiger partial charge < -0.3 is 5.73 Å². The van der Waals surface area contributed by atoms with Gasteiger partial charge in [0, 0.05) is 18.7 Å². The molecule has 0 aliphatic rings. The van der Waals surface area contributed by atoms with Gasteiger partial charge in [0.25, 0.3) is 0 Å². The molecule has 0 atom stereocenters. The topological polar surface area (TPSA) is 65.8 Å². The van der Waals surface area contributed by atoms with Crippen molar-refractivity contribution < 1.29 is 0 Å². The largest absolute Gasteiger partial charge is 0.399 e. The second-order valence-corrected chi connectivity index (χ2v) is 10.2. The number of nitrogen functional groups attached to an aromatic ring is 1. The molecule has 4 rings (SSSR count). The van der Waals surface area contributed by atoms with Crippen molar-refractivity contribution in [3.8, 4) is 11.1 Å². The summed E-state index contributed by atoms with van der Waals surface area (Å²) >= 11 is 0. The van der Waals surface area contributed by atoms with Crippen molar-refractivity contribution in [2.75, 3.05) is 5.73 Å². The Labute approximate surface area is 208 Å². The molecule has 3 aromatic carbocycles. The zero-order valence-electron chi connectivity index (χ0n) is 21.3. The normalized spacial score (nSPS) is 11.7. The van der Waals surface area contributed by atoms with Gasteiger partial charge in [0.2, 0.25) is 0 Å². The minimum atomic E-state index is -0.0334. The summed E-state index contributed by atoms with van der Waals surface area (Å²) in [7, 11) is 0. The number of nitrogens with zero attached hydrogens (tertiary/aromatic N) is 3. The predicted octanol–water partition coefficient (Wildman–Crippen LogP) is 5.84. The molecule has 5 nitrogen and oxygen atoms in total. The molecule has 0 amide bonds. The Hall–Kier alpha value is -3.60. The zero-order valence-corrected chi connectivity index (χ0v) is 21.3. The third-order valence-electron chi connectivity index (χ3n) is 6.51. The molecule has 4 aromatic rings. The van der Waals surface area contributed by atoms with E-state index in [4.69, 9.17) is 10.8 Å². The molecule has 0 saturated carbocycles. The summed E-state index contributed by atoms with van der Waals surface area (Å²) < 4.78 is 3.40. The van der Waals surface area contributed by atoms with Gasteiger partial charge in [-0.2, -0.15) is 5.10 Å². The molecule has 0 radical (unpaired) electrons. The molecule has 0 unspecified atom stereocenters. The first-order chi connectivity index (χ1) is 16.7. The van der Waals surface area contributed by atoms with Crippen molar-refractivity contribution in [1.82, 2.24) is 14.3 Å². The predicted molar refractivity (Wildman–Crippen MR) is 145 cm³/mol. The molecular weight excluding hydrogens is 432 g/mol. The van der Waals surface area contributed by atoms with Gasteiger partial charge in [-0.25, -0.2) is 9.48 Å². The summed E-state index contributed by atoms with van der Waals surface area (Å²) in [6.45, 7) is 9.74. The molecule has 0 aliphatic heterocycles. The number of hydrogen-bond donors (Lipinski definition) is 1. The van der Waals surface area contributed by atoms with E-state index in [0.717, 1.165) is 47.5 Å². The van der Waals surface area contributed by atoms with Crippen LogP contribution in [-0.2, 0) is 31.3 Å². The molecule has 0 fully saturated rings. The highest BCUT2D eigenvalue weighted by Gasteiger charge is 2.15. The Morgan fingerprint density at radius 3 is 2.17 bits per heavy atom. The maximum atomic E-state index is 12.9. The van der Waals surface area contributed by atoms with Crippen molar-refractivity contribution in [1.29, 1.82) is 0 Å². The summed E-state index contributed by atoms with van der Waals surface area (Å²) in [4.78, 5) is 12.9. The number of aryl methyl sites for hydroxylation is 2. The van der Waals surface area contributed by atoms with Gasteiger partial charge in [-0.15, -0.1) is 0 Å². The third-order valence-corrected chi connectivity index (χ3v) is 6.51. The van der Waals surface area contributed by atoms with Crippen LogP contribution < -0.4 is 11.4 Å². The lowest BCUT2D eigenvalue weighted by Gasteiger charge is -2.19. The highest BCUT2D eigenvalue weighted by molar-refractivity contribution is 5.67. The number of anilines is 1. The van der Waals surface area contributed by atoms with Gasteiger partial charge in [0.15, 0.2) is 0 Å². The standard InChI is InChI=1S/C30H36N4O/c1-5-33-28(32-34(29(33)35)21-23-14-18-26(19-15-23)30(2,3)4)11-6-8-22-12-16-24(17-13-22)25-9-7-10-27(31)20-25/h7,9-10,12-20H,5-6,8,11,21,31H2,1-4H3. The minimum Gasteiger partial charge on any atom is -0.399 e. The molecule has 0 aliphatic carbocycles. The fraction of sp³-hybridized carbons (Fsp3) is 0.333. The summed E-state index contributed by atoms with van der Waals surface area (Å²) in [5, 5.41) is 4.70. The first kappa shape index (κ1) is 24.5. The molecule has 0 spiro atoms. The van der Waals surface area contributed by atoms with Gasteiger partial charge in [-0.3, -0.25) is 4.57 Å². The first-order valence-corrected chi connectivity index (χ1v) is 12.5. The number of benzene rings is 3. The molecule has 35 heavy (non-hydrogen) atoms. The first-order valence-electron chi connectivity index (χ1n) is 12.5. The number of nitrogens with two attached hydrogens (primary N) is 1. The van der Waals surface area contributed by atoms with Crippen LogP contribution in [0.4, 0.5) is 5.69 Å². The average molecular weight is 469 g/mol. The fourth-order valence-electron chi connectivity index (χ4n) is 4.41. The van der Waals surface area contributed by atoms with Crippen LogP contribution in [0.5, 0.6) is 0 Å². The van der Waals surface area contributed by atoms with E-state index in [1.54, 1.807) is 9.25 Å². The van der Waals surface area contributed by atoms with E-state index in [0.29, 0.717) is 13.1 Å². The van der Waals surface area contributed by atoms with E-state index < -0.39 is 0 Å². The Bertz CT molecular complexity index is 1320. The summed E-state index contributed by atoms with van der Waals surface area (Å²) in [6.07, 6.45) is 2.65. The lowest BCUT2D eigenvalue weighted by molar-refractivity contribution is 0.588. The van der Waals surface area contributed by atoms with E-state index in [9.17, 15) is 4.79 Å². The minimum absolute atomic E-state index is 0.0334. The van der Waals surface area contributed by atoms with Crippen LogP contribution in [0.1, 0.15) is 56.6 Å². The summed E-state index contributed by atoms with van der Waals surface area (Å²) in [5.41, 5.74) is 12.7. The van der Waals surface area contributed by atoms with E-state index in [2.05, 4.69) is 75.4 Å². The third kappa shape index (κ3) is 5.91. The SMILES string of the molecule is CCn1c(CCCc2ccc(-c3cccc(N)c3)cc2)nn(Cc2ccc(C(C)(C)C)cc2)c1=O. The lowest BCUT2D eigenvalue weighted by Crippen LogP contribution is -2.25. The quantitative estimate of drug-likeness (QED) is 0.331. The van der Waals surface area contributed by atoms with Crippen LogP contribution in [0, 0.1) is 0 Å². The molecule has 5 heteroatoms. The number of aromatic nitrogens is 3. The molecule has 1 aromatic heterocycles. The summed E-state index contributed by atoms with van der Waals surface area (Å²) in [5.74, 6) is 0.861. The van der Waals surface area contributed by atoms with Crippen LogP contribution in [-0.4, -0.2) is 14.3 Å². The molecule has 2 N–H and O–H groups in total. The molecule has 0 bridgehead atoms. The smallest absolute Gasteiger partial charge is 0.346 e. The van der Waals surface area contributed by atoms with E-state index in [1.807, 2.05) is 25.1 Å². The average Bonchev–Trinajstić information content (AvgIpc) is 3.13. The maximum absolute atomic E-state index is 12.9. The highest BCUT2D eigenvalue weighted by atomic mass is 16.2. The molecular formula is C30H36N4O. The Morgan fingerprint density at radius 2 is 1.54 bits per heavy atom. The van der Waals surface area contributed by atoms with E-state index in [-0.39, 0.29) is 11.1 Å². The molecule has 182 valence electrons. The summed E-state index contributed by atoms with van der Waals surface area (Å²) in [6, 6.07) is 25.1. The van der Waals surface area contributed by atoms with E-state index in [1.165, 1.54) is 11.1 Å². The Kier molecular flexibility index (Phi) is 7.25. The van der Waals surface area contributed by atoms with Crippen molar-refractivity contribution in [2.24, 2.45) is 0 Å². The zero-order chi connectivity index (χ0) is 25.0. The molecule has 1 heterocycles. The van der Waals surface area contributed by atoms with Crippen molar-refractivity contribution in [3.63, 3.8) is 0 Å². The van der Waals surface area contributed by atoms with Crippen LogP contribution in [0.15, 0.2) is 77.6 Å². The van der Waals surface area contributed by atoms with Crippen molar-refractivity contribution in [2.45, 2.75) is 65.5 Å². The highest BCUT2D eigenvalue weighted by Crippen LogP contribution is 2.23. The van der Waals surface area contributed by atoms with Crippen LogP contribution >= 0.6 is 0 Å². The van der Waals surface area contributed by atoms with Gasteiger partial charge in [0.05, 0.1) is 6.54 Å². The molecule has 0 saturated heterocycles. The number of rotatable bonds is 8. The van der Waals surface area contributed by atoms with E-state index >= 15 is 0 Å². The van der Waals surface area contributed by atoms with Gasteiger partial charge in [-0.05, 0) is 65.1 Å². The van der Waals surface area contributed by atoms with Crippen LogP contribution in [0.2, 0.25) is 0 Å². The lowest BCUT2D eigenvalue weighted by atomic mass is 9.87. The van der Waals surface area contributed by atoms with Gasteiger partial charge >= 0.3 is 5.69 Å². The Morgan fingerprint density at radius 1 is 0.857 bits per heavy atom. The van der Waals surface area contributed by atoms with Crippen LogP contribution in [0.3, 0.4) is 0 Å². The maximum Gasteiger partial charge on any atom is 0.346 e. The number of hydrogen-bond acceptors (Lipinski definition) is 3. The second-order valence-electron chi connectivity index (χ2n) is 10.2. The fourth-order valence-corrected chi connectivity index (χ4v) is 4.41. The second kappa shape index (κ2) is 10.3. The Balaban J connectivity index is 1.40. The monoisotopic (exact) mass is 468 g/mol. The van der Waals surface area contributed by atoms with Gasteiger partial charge in [0.1, 0.15) is 5.82 Å².